The number of halogens is 1. The number of anilines is 1. The minimum absolute atomic E-state index is 0.261. The molecule has 32 heavy (non-hydrogen) atoms. The lowest BCUT2D eigenvalue weighted by atomic mass is 10.1. The topological polar surface area (TPSA) is 71.7 Å². The number of amides is 1. The van der Waals surface area contributed by atoms with Crippen molar-refractivity contribution in [3.63, 3.8) is 0 Å². The van der Waals surface area contributed by atoms with Crippen LogP contribution in [0.25, 0.3) is 22.8 Å². The number of hydrogen-bond acceptors (Lipinski definition) is 6. The normalized spacial score (nSPS) is 14.5. The van der Waals surface area contributed by atoms with E-state index < -0.39 is 5.60 Å². The first-order chi connectivity index (χ1) is 15.2. The van der Waals surface area contributed by atoms with Gasteiger partial charge in [-0.1, -0.05) is 51.4 Å². The number of benzene rings is 2. The van der Waals surface area contributed by atoms with Crippen molar-refractivity contribution < 1.29 is 14.1 Å². The van der Waals surface area contributed by atoms with Crippen molar-refractivity contribution in [1.29, 1.82) is 0 Å². The Balaban J connectivity index is 1.53. The zero-order valence-corrected chi connectivity index (χ0v) is 20.3. The predicted molar refractivity (Wildman–Crippen MR) is 128 cm³/mol. The highest BCUT2D eigenvalue weighted by Crippen LogP contribution is 2.34. The summed E-state index contributed by atoms with van der Waals surface area (Å²) in [5.41, 5.74) is 3.47. The molecule has 1 aromatic heterocycles. The summed E-state index contributed by atoms with van der Waals surface area (Å²) in [6.07, 6.45) is -0.261. The Morgan fingerprint density at radius 2 is 1.75 bits per heavy atom. The molecule has 0 aliphatic carbocycles. The Bertz CT molecular complexity index is 1100. The van der Waals surface area contributed by atoms with Crippen LogP contribution in [0.3, 0.4) is 0 Å². The number of ether oxygens (including phenoxy) is 1. The molecule has 0 unspecified atom stereocenters. The van der Waals surface area contributed by atoms with Crippen LogP contribution in [0.1, 0.15) is 26.3 Å². The molecule has 7 nitrogen and oxygen atoms in total. The minimum atomic E-state index is -0.493. The third-order valence-electron chi connectivity index (χ3n) is 5.29. The molecule has 1 aliphatic rings. The molecular formula is C24H27BrN4O3. The number of rotatable bonds is 3. The molecule has 1 aliphatic heterocycles. The first-order valence-electron chi connectivity index (χ1n) is 10.6. The monoisotopic (exact) mass is 498 g/mol. The van der Waals surface area contributed by atoms with Crippen molar-refractivity contribution in [2.24, 2.45) is 0 Å². The fraction of sp³-hybridized carbons (Fsp3) is 0.375. The first kappa shape index (κ1) is 22.3. The molecule has 1 amide bonds. The molecule has 8 heteroatoms. The van der Waals surface area contributed by atoms with Gasteiger partial charge in [0.05, 0.1) is 0 Å². The van der Waals surface area contributed by atoms with Crippen molar-refractivity contribution in [2.45, 2.75) is 33.3 Å². The van der Waals surface area contributed by atoms with Crippen LogP contribution in [0.4, 0.5) is 10.5 Å². The van der Waals surface area contributed by atoms with Gasteiger partial charge in [-0.3, -0.25) is 0 Å². The van der Waals surface area contributed by atoms with E-state index in [0.717, 1.165) is 39.9 Å². The number of aromatic nitrogens is 2. The van der Waals surface area contributed by atoms with Crippen LogP contribution in [0.2, 0.25) is 0 Å². The summed E-state index contributed by atoms with van der Waals surface area (Å²) in [4.78, 5) is 21.0. The van der Waals surface area contributed by atoms with E-state index in [9.17, 15) is 4.79 Å². The molecule has 2 heterocycles. The second kappa shape index (κ2) is 8.94. The lowest BCUT2D eigenvalue weighted by Gasteiger charge is -2.37. The average molecular weight is 499 g/mol. The summed E-state index contributed by atoms with van der Waals surface area (Å²) in [5.74, 6) is 1.03. The summed E-state index contributed by atoms with van der Waals surface area (Å²) in [6, 6.07) is 13.8. The lowest BCUT2D eigenvalue weighted by molar-refractivity contribution is 0.0240. The molecule has 2 aromatic carbocycles. The van der Waals surface area contributed by atoms with Crippen LogP contribution >= 0.6 is 15.9 Å². The van der Waals surface area contributed by atoms with E-state index >= 15 is 0 Å². The van der Waals surface area contributed by atoms with E-state index in [1.54, 1.807) is 4.90 Å². The van der Waals surface area contributed by atoms with Crippen molar-refractivity contribution >= 4 is 27.7 Å². The van der Waals surface area contributed by atoms with Gasteiger partial charge in [0.25, 0.3) is 5.89 Å². The maximum absolute atomic E-state index is 12.4. The molecule has 3 aromatic rings. The molecule has 0 atom stereocenters. The molecule has 1 saturated heterocycles. The molecular weight excluding hydrogens is 472 g/mol. The molecule has 0 saturated carbocycles. The first-order valence-corrected chi connectivity index (χ1v) is 11.4. The van der Waals surface area contributed by atoms with Gasteiger partial charge in [0.15, 0.2) is 0 Å². The molecule has 0 spiro atoms. The summed E-state index contributed by atoms with van der Waals surface area (Å²) in [7, 11) is 0. The highest BCUT2D eigenvalue weighted by molar-refractivity contribution is 9.10. The van der Waals surface area contributed by atoms with E-state index in [1.165, 1.54) is 0 Å². The number of piperazine rings is 1. The molecule has 0 bridgehead atoms. The molecule has 0 radical (unpaired) electrons. The van der Waals surface area contributed by atoms with Gasteiger partial charge in [0, 0.05) is 47.5 Å². The summed E-state index contributed by atoms with van der Waals surface area (Å²) >= 11 is 3.68. The fourth-order valence-electron chi connectivity index (χ4n) is 3.62. The third kappa shape index (κ3) is 4.96. The van der Waals surface area contributed by atoms with Crippen LogP contribution < -0.4 is 4.90 Å². The Morgan fingerprint density at radius 3 is 2.41 bits per heavy atom. The zero-order chi connectivity index (χ0) is 22.9. The van der Waals surface area contributed by atoms with Gasteiger partial charge in [0.1, 0.15) is 5.60 Å². The van der Waals surface area contributed by atoms with Crippen LogP contribution in [0.5, 0.6) is 0 Å². The summed E-state index contributed by atoms with van der Waals surface area (Å²) in [5, 5.41) is 4.14. The third-order valence-corrected chi connectivity index (χ3v) is 6.12. The van der Waals surface area contributed by atoms with E-state index in [2.05, 4.69) is 44.0 Å². The van der Waals surface area contributed by atoms with Crippen molar-refractivity contribution in [3.8, 4) is 22.8 Å². The largest absolute Gasteiger partial charge is 0.444 e. The van der Waals surface area contributed by atoms with Gasteiger partial charge in [-0.05, 0) is 45.4 Å². The predicted octanol–water partition coefficient (Wildman–Crippen LogP) is 5.53. The van der Waals surface area contributed by atoms with E-state index in [4.69, 9.17) is 9.26 Å². The van der Waals surface area contributed by atoms with Gasteiger partial charge >= 0.3 is 6.09 Å². The summed E-state index contributed by atoms with van der Waals surface area (Å²) < 4.78 is 12.0. The Hall–Kier alpha value is -2.87. The second-order valence-corrected chi connectivity index (χ2v) is 9.70. The maximum atomic E-state index is 12.4. The standard InChI is InChI=1S/C24H27BrN4O3/c1-16-19(25)14-18(22-26-21(27-32-22)17-8-6-5-7-9-17)15-20(16)28-10-12-29(13-11-28)23(30)31-24(2,3)4/h5-9,14-15H,10-13H2,1-4H3. The Kier molecular flexibility index (Phi) is 6.24. The summed E-state index contributed by atoms with van der Waals surface area (Å²) in [6.45, 7) is 10.4. The average Bonchev–Trinajstić information content (AvgIpc) is 3.25. The number of carbonyl (C=O) groups excluding carboxylic acids is 1. The van der Waals surface area contributed by atoms with Crippen molar-refractivity contribution in [3.05, 3.63) is 52.5 Å². The number of hydrogen-bond donors (Lipinski definition) is 0. The Labute approximate surface area is 196 Å². The number of nitrogens with zero attached hydrogens (tertiary/aromatic N) is 4. The fourth-order valence-corrected chi connectivity index (χ4v) is 4.07. The minimum Gasteiger partial charge on any atom is -0.444 e. The van der Waals surface area contributed by atoms with Crippen LogP contribution in [-0.4, -0.2) is 52.9 Å². The molecule has 1 fully saturated rings. The number of carbonyl (C=O) groups is 1. The lowest BCUT2D eigenvalue weighted by Crippen LogP contribution is -2.50. The van der Waals surface area contributed by atoms with Gasteiger partial charge in [0.2, 0.25) is 5.82 Å². The van der Waals surface area contributed by atoms with Gasteiger partial charge in [-0.15, -0.1) is 0 Å². The van der Waals surface area contributed by atoms with Crippen molar-refractivity contribution in [1.82, 2.24) is 15.0 Å². The van der Waals surface area contributed by atoms with Crippen LogP contribution in [0.15, 0.2) is 51.5 Å². The second-order valence-electron chi connectivity index (χ2n) is 8.85. The quantitative estimate of drug-likeness (QED) is 0.472. The van der Waals surface area contributed by atoms with Gasteiger partial charge in [-0.25, -0.2) is 4.79 Å². The zero-order valence-electron chi connectivity index (χ0n) is 18.8. The van der Waals surface area contributed by atoms with Crippen LogP contribution in [-0.2, 0) is 4.74 Å². The smallest absolute Gasteiger partial charge is 0.410 e. The van der Waals surface area contributed by atoms with E-state index in [1.807, 2.05) is 57.2 Å². The maximum Gasteiger partial charge on any atom is 0.410 e. The highest BCUT2D eigenvalue weighted by Gasteiger charge is 2.27. The SMILES string of the molecule is Cc1c(Br)cc(-c2nc(-c3ccccc3)no2)cc1N1CCN(C(=O)OC(C)(C)C)CC1. The highest BCUT2D eigenvalue weighted by atomic mass is 79.9. The van der Waals surface area contributed by atoms with Crippen molar-refractivity contribution in [2.75, 3.05) is 31.1 Å². The van der Waals surface area contributed by atoms with Gasteiger partial charge < -0.3 is 19.1 Å². The molecule has 168 valence electrons. The van der Waals surface area contributed by atoms with E-state index in [0.29, 0.717) is 24.8 Å². The Morgan fingerprint density at radius 1 is 1.06 bits per heavy atom. The molecule has 4 rings (SSSR count). The van der Waals surface area contributed by atoms with Crippen LogP contribution in [0, 0.1) is 6.92 Å². The molecule has 0 N–H and O–H groups in total. The van der Waals surface area contributed by atoms with E-state index in [-0.39, 0.29) is 6.09 Å². The van der Waals surface area contributed by atoms with Gasteiger partial charge in [-0.2, -0.15) is 4.98 Å².